The molecule has 1 aromatic heterocycles. The van der Waals surface area contributed by atoms with Crippen LogP contribution in [0, 0.1) is 0 Å². The van der Waals surface area contributed by atoms with Crippen LogP contribution in [-0.4, -0.2) is 46.9 Å². The van der Waals surface area contributed by atoms with E-state index in [0.29, 0.717) is 22.2 Å². The Labute approximate surface area is 175 Å². The maximum absolute atomic E-state index is 12.9. The minimum absolute atomic E-state index is 0.0481. The van der Waals surface area contributed by atoms with Crippen LogP contribution in [0.3, 0.4) is 0 Å². The highest BCUT2D eigenvalue weighted by atomic mass is 35.5. The van der Waals surface area contributed by atoms with Crippen LogP contribution < -0.4 is 0 Å². The molecule has 1 aliphatic rings. The van der Waals surface area contributed by atoms with Crippen LogP contribution in [0.15, 0.2) is 23.6 Å². The molecule has 7 heteroatoms. The number of hydrogen-bond donors (Lipinski definition) is 0. The zero-order chi connectivity index (χ0) is 19.6. The standard InChI is InChI=1S/C20H25Cl2N3OS/c1-20(2,3)19-23-15(13-27-19)12-24-7-4-8-25(10-9-24)18(26)16-11-14(21)5-6-17(16)22/h5-6,11,13H,4,7-10,12H2,1-3H3. The quantitative estimate of drug-likeness (QED) is 0.686. The van der Waals surface area contributed by atoms with Crippen molar-refractivity contribution in [2.24, 2.45) is 0 Å². The van der Waals surface area contributed by atoms with Gasteiger partial charge in [-0.05, 0) is 24.6 Å². The van der Waals surface area contributed by atoms with Crippen LogP contribution in [0.5, 0.6) is 0 Å². The van der Waals surface area contributed by atoms with Gasteiger partial charge in [-0.1, -0.05) is 44.0 Å². The molecule has 3 rings (SSSR count). The van der Waals surface area contributed by atoms with Crippen molar-refractivity contribution in [2.75, 3.05) is 26.2 Å². The topological polar surface area (TPSA) is 36.4 Å². The Balaban J connectivity index is 1.63. The van der Waals surface area contributed by atoms with E-state index < -0.39 is 0 Å². The highest BCUT2D eigenvalue weighted by molar-refractivity contribution is 7.09. The number of halogens is 2. The molecule has 0 bridgehead atoms. The molecule has 27 heavy (non-hydrogen) atoms. The van der Waals surface area contributed by atoms with Gasteiger partial charge in [0.25, 0.3) is 5.91 Å². The van der Waals surface area contributed by atoms with Crippen molar-refractivity contribution in [1.29, 1.82) is 0 Å². The maximum atomic E-state index is 12.9. The third-order valence-corrected chi connectivity index (χ3v) is 6.50. The van der Waals surface area contributed by atoms with E-state index in [2.05, 4.69) is 31.1 Å². The normalized spacial score (nSPS) is 16.4. The fourth-order valence-electron chi connectivity index (χ4n) is 3.12. The number of amides is 1. The van der Waals surface area contributed by atoms with Crippen molar-refractivity contribution in [2.45, 2.75) is 39.2 Å². The first-order valence-electron chi connectivity index (χ1n) is 9.15. The van der Waals surface area contributed by atoms with Gasteiger partial charge in [-0.25, -0.2) is 4.98 Å². The predicted molar refractivity (Wildman–Crippen MR) is 113 cm³/mol. The molecule has 0 saturated carbocycles. The third-order valence-electron chi connectivity index (χ3n) is 4.61. The van der Waals surface area contributed by atoms with Crippen LogP contribution in [0.1, 0.15) is 48.3 Å². The molecule has 1 aromatic carbocycles. The van der Waals surface area contributed by atoms with Crippen molar-refractivity contribution < 1.29 is 4.79 Å². The second-order valence-corrected chi connectivity index (χ2v) is 9.64. The van der Waals surface area contributed by atoms with Gasteiger partial charge < -0.3 is 4.90 Å². The minimum Gasteiger partial charge on any atom is -0.337 e. The molecular formula is C20H25Cl2N3OS. The number of benzene rings is 1. The van der Waals surface area contributed by atoms with Gasteiger partial charge in [0, 0.05) is 48.5 Å². The van der Waals surface area contributed by atoms with Gasteiger partial charge in [-0.2, -0.15) is 0 Å². The largest absolute Gasteiger partial charge is 0.337 e. The summed E-state index contributed by atoms with van der Waals surface area (Å²) in [5.41, 5.74) is 1.68. The van der Waals surface area contributed by atoms with Gasteiger partial charge in [0.05, 0.1) is 21.3 Å². The highest BCUT2D eigenvalue weighted by Gasteiger charge is 2.23. The lowest BCUT2D eigenvalue weighted by atomic mass is 9.98. The second kappa shape index (κ2) is 8.48. The number of aromatic nitrogens is 1. The summed E-state index contributed by atoms with van der Waals surface area (Å²) in [6.45, 7) is 10.6. The summed E-state index contributed by atoms with van der Waals surface area (Å²) < 4.78 is 0. The Morgan fingerprint density at radius 2 is 1.96 bits per heavy atom. The molecule has 1 saturated heterocycles. The fraction of sp³-hybridized carbons (Fsp3) is 0.500. The zero-order valence-electron chi connectivity index (χ0n) is 16.0. The number of thiazole rings is 1. The molecule has 0 spiro atoms. The van der Waals surface area contributed by atoms with E-state index in [-0.39, 0.29) is 11.3 Å². The molecule has 146 valence electrons. The van der Waals surface area contributed by atoms with Gasteiger partial charge >= 0.3 is 0 Å². The molecule has 0 unspecified atom stereocenters. The monoisotopic (exact) mass is 425 g/mol. The van der Waals surface area contributed by atoms with E-state index >= 15 is 0 Å². The lowest BCUT2D eigenvalue weighted by Crippen LogP contribution is -2.35. The fourth-order valence-corrected chi connectivity index (χ4v) is 4.39. The van der Waals surface area contributed by atoms with E-state index in [9.17, 15) is 4.79 Å². The summed E-state index contributed by atoms with van der Waals surface area (Å²) in [4.78, 5) is 21.9. The van der Waals surface area contributed by atoms with Crippen molar-refractivity contribution in [1.82, 2.24) is 14.8 Å². The Kier molecular flexibility index (Phi) is 6.46. The first-order valence-corrected chi connectivity index (χ1v) is 10.8. The average Bonchev–Trinajstić information content (AvgIpc) is 2.96. The number of nitrogens with zero attached hydrogens (tertiary/aromatic N) is 3. The van der Waals surface area contributed by atoms with Gasteiger partial charge in [0.1, 0.15) is 0 Å². The number of carbonyl (C=O) groups is 1. The summed E-state index contributed by atoms with van der Waals surface area (Å²) in [6.07, 6.45) is 0.931. The Morgan fingerprint density at radius 3 is 2.67 bits per heavy atom. The predicted octanol–water partition coefficient (Wildman–Crippen LogP) is 5.10. The van der Waals surface area contributed by atoms with E-state index in [0.717, 1.165) is 38.3 Å². The van der Waals surface area contributed by atoms with E-state index in [1.54, 1.807) is 29.5 Å². The van der Waals surface area contributed by atoms with Crippen molar-refractivity contribution in [3.05, 3.63) is 49.9 Å². The Bertz CT molecular complexity index is 816. The van der Waals surface area contributed by atoms with Gasteiger partial charge in [-0.15, -0.1) is 11.3 Å². The molecule has 0 N–H and O–H groups in total. The molecule has 2 aromatic rings. The lowest BCUT2D eigenvalue weighted by Gasteiger charge is -2.22. The highest BCUT2D eigenvalue weighted by Crippen LogP contribution is 2.26. The molecule has 0 atom stereocenters. The van der Waals surface area contributed by atoms with E-state index in [1.165, 1.54) is 5.01 Å². The third kappa shape index (κ3) is 5.23. The SMILES string of the molecule is CC(C)(C)c1nc(CN2CCCN(C(=O)c3cc(Cl)ccc3Cl)CC2)cs1. The molecule has 0 radical (unpaired) electrons. The van der Waals surface area contributed by atoms with Crippen molar-refractivity contribution >= 4 is 40.4 Å². The average molecular weight is 426 g/mol. The number of carbonyl (C=O) groups excluding carboxylic acids is 1. The molecular weight excluding hydrogens is 401 g/mol. The minimum atomic E-state index is -0.0481. The molecule has 0 aliphatic carbocycles. The van der Waals surface area contributed by atoms with Gasteiger partial charge in [-0.3, -0.25) is 9.69 Å². The van der Waals surface area contributed by atoms with Crippen LogP contribution in [0.4, 0.5) is 0 Å². The van der Waals surface area contributed by atoms with Crippen LogP contribution >= 0.6 is 34.5 Å². The van der Waals surface area contributed by atoms with E-state index in [1.807, 2.05) is 4.90 Å². The van der Waals surface area contributed by atoms with Crippen LogP contribution in [0.2, 0.25) is 10.0 Å². The summed E-state index contributed by atoms with van der Waals surface area (Å²) in [5, 5.41) is 4.29. The van der Waals surface area contributed by atoms with Crippen molar-refractivity contribution in [3.63, 3.8) is 0 Å². The molecule has 2 heterocycles. The molecule has 1 amide bonds. The zero-order valence-corrected chi connectivity index (χ0v) is 18.3. The Hall–Kier alpha value is -1.14. The summed E-state index contributed by atoms with van der Waals surface area (Å²) in [7, 11) is 0. The second-order valence-electron chi connectivity index (χ2n) is 7.94. The summed E-state index contributed by atoms with van der Waals surface area (Å²) >= 11 is 14.0. The van der Waals surface area contributed by atoms with Gasteiger partial charge in [0.2, 0.25) is 0 Å². The number of rotatable bonds is 3. The lowest BCUT2D eigenvalue weighted by molar-refractivity contribution is 0.0761. The van der Waals surface area contributed by atoms with Crippen molar-refractivity contribution in [3.8, 4) is 0 Å². The molecule has 4 nitrogen and oxygen atoms in total. The van der Waals surface area contributed by atoms with E-state index in [4.69, 9.17) is 28.2 Å². The Morgan fingerprint density at radius 1 is 1.19 bits per heavy atom. The molecule has 1 aliphatic heterocycles. The maximum Gasteiger partial charge on any atom is 0.255 e. The van der Waals surface area contributed by atoms with Crippen LogP contribution in [-0.2, 0) is 12.0 Å². The van der Waals surface area contributed by atoms with Crippen LogP contribution in [0.25, 0.3) is 0 Å². The smallest absolute Gasteiger partial charge is 0.255 e. The van der Waals surface area contributed by atoms with Gasteiger partial charge in [0.15, 0.2) is 0 Å². The molecule has 1 fully saturated rings. The first-order chi connectivity index (χ1) is 12.7. The first kappa shape index (κ1) is 20.6. The summed E-state index contributed by atoms with van der Waals surface area (Å²) in [6, 6.07) is 5.03. The number of hydrogen-bond acceptors (Lipinski definition) is 4. The summed E-state index contributed by atoms with van der Waals surface area (Å²) in [5.74, 6) is -0.0481.